The van der Waals surface area contributed by atoms with Crippen LogP contribution in [0.1, 0.15) is 28.4 Å². The molecule has 0 aliphatic heterocycles. The predicted octanol–water partition coefficient (Wildman–Crippen LogP) is 3.41. The Hall–Kier alpha value is -2.51. The van der Waals surface area contributed by atoms with Crippen molar-refractivity contribution in [3.05, 3.63) is 71.6 Å². The topological polar surface area (TPSA) is 75.3 Å². The van der Waals surface area contributed by atoms with Gasteiger partial charge in [-0.2, -0.15) is 0 Å². The van der Waals surface area contributed by atoms with E-state index in [4.69, 9.17) is 0 Å². The van der Waals surface area contributed by atoms with Crippen molar-refractivity contribution >= 4 is 21.6 Å². The molecule has 26 heavy (non-hydrogen) atoms. The molecule has 0 saturated heterocycles. The first-order chi connectivity index (χ1) is 12.3. The normalized spacial score (nSPS) is 11.2. The van der Waals surface area contributed by atoms with Gasteiger partial charge in [-0.25, -0.2) is 17.5 Å². The molecule has 0 bridgehead atoms. The number of hydrogen-bond donors (Lipinski definition) is 2. The first-order valence-corrected chi connectivity index (χ1v) is 9.58. The van der Waals surface area contributed by atoms with Crippen molar-refractivity contribution in [1.29, 1.82) is 0 Å². The van der Waals surface area contributed by atoms with Crippen molar-refractivity contribution in [1.82, 2.24) is 4.72 Å². The van der Waals surface area contributed by atoms with E-state index >= 15 is 0 Å². The van der Waals surface area contributed by atoms with Gasteiger partial charge in [0.2, 0.25) is 10.0 Å². The van der Waals surface area contributed by atoms with Crippen LogP contribution in [0, 0.1) is 12.7 Å². The van der Waals surface area contributed by atoms with Crippen LogP contribution in [-0.2, 0) is 16.4 Å². The summed E-state index contributed by atoms with van der Waals surface area (Å²) in [6.45, 7) is 7.21. The Morgan fingerprint density at radius 3 is 2.65 bits per heavy atom. The maximum Gasteiger partial charge on any atom is 0.255 e. The van der Waals surface area contributed by atoms with Crippen LogP contribution in [0.5, 0.6) is 0 Å². The quantitative estimate of drug-likeness (QED) is 0.727. The van der Waals surface area contributed by atoms with Gasteiger partial charge in [-0.05, 0) is 42.7 Å². The summed E-state index contributed by atoms with van der Waals surface area (Å²) in [5.74, 6) is -1.43. The molecule has 0 spiro atoms. The van der Waals surface area contributed by atoms with E-state index in [1.165, 1.54) is 12.1 Å². The summed E-state index contributed by atoms with van der Waals surface area (Å²) in [6, 6.07) is 8.92. The second-order valence-corrected chi connectivity index (χ2v) is 7.44. The van der Waals surface area contributed by atoms with Crippen LogP contribution in [0.3, 0.4) is 0 Å². The van der Waals surface area contributed by atoms with E-state index in [-0.39, 0.29) is 12.1 Å². The highest BCUT2D eigenvalue weighted by atomic mass is 32.2. The number of para-hydroxylation sites is 1. The lowest BCUT2D eigenvalue weighted by Gasteiger charge is -2.14. The van der Waals surface area contributed by atoms with Crippen LogP contribution >= 0.6 is 0 Å². The first kappa shape index (κ1) is 19.8. The van der Waals surface area contributed by atoms with Crippen LogP contribution in [0.4, 0.5) is 10.1 Å². The molecule has 0 radical (unpaired) electrons. The minimum absolute atomic E-state index is 0.0404. The van der Waals surface area contributed by atoms with Crippen molar-refractivity contribution in [2.45, 2.75) is 25.2 Å². The number of benzene rings is 2. The van der Waals surface area contributed by atoms with Gasteiger partial charge in [-0.3, -0.25) is 4.79 Å². The minimum Gasteiger partial charge on any atom is -0.321 e. The fourth-order valence-electron chi connectivity index (χ4n) is 2.48. The number of carbonyl (C=O) groups excluding carboxylic acids is 1. The zero-order valence-electron chi connectivity index (χ0n) is 14.7. The molecule has 2 aromatic rings. The monoisotopic (exact) mass is 376 g/mol. The van der Waals surface area contributed by atoms with Gasteiger partial charge in [-0.1, -0.05) is 31.2 Å². The van der Waals surface area contributed by atoms with E-state index in [1.807, 2.05) is 32.0 Å². The number of nitrogens with one attached hydrogen (secondary N) is 2. The number of halogens is 1. The Bertz CT molecular complexity index is 940. The maximum absolute atomic E-state index is 14.0. The molecule has 2 aromatic carbocycles. The lowest BCUT2D eigenvalue weighted by atomic mass is 10.1. The van der Waals surface area contributed by atoms with E-state index in [1.54, 1.807) is 0 Å². The number of aryl methyl sites for hydroxylation is 2. The number of rotatable bonds is 7. The van der Waals surface area contributed by atoms with Crippen LogP contribution in [0.2, 0.25) is 0 Å². The number of hydrogen-bond acceptors (Lipinski definition) is 3. The van der Waals surface area contributed by atoms with Gasteiger partial charge in [0.05, 0.1) is 0 Å². The molecular formula is C19H21FN2O3S. The molecule has 1 amide bonds. The van der Waals surface area contributed by atoms with Crippen LogP contribution in [-0.4, -0.2) is 20.9 Å². The Morgan fingerprint density at radius 2 is 2.00 bits per heavy atom. The standard InChI is InChI=1S/C19H21FN2O3S/c1-4-11-21-26(24,25)17-12-15(9-10-16(17)20)19(23)22-18-13(3)7-6-8-14(18)5-2/h4,6-10,12,21H,1,5,11H2,2-3H3,(H,22,23). The summed E-state index contributed by atoms with van der Waals surface area (Å²) in [7, 11) is -4.08. The third kappa shape index (κ3) is 4.36. The lowest BCUT2D eigenvalue weighted by Crippen LogP contribution is -2.25. The highest BCUT2D eigenvalue weighted by Crippen LogP contribution is 2.23. The van der Waals surface area contributed by atoms with E-state index in [0.717, 1.165) is 29.7 Å². The average molecular weight is 376 g/mol. The number of anilines is 1. The van der Waals surface area contributed by atoms with Gasteiger partial charge in [-0.15, -0.1) is 6.58 Å². The zero-order chi connectivity index (χ0) is 19.3. The number of carbonyl (C=O) groups is 1. The summed E-state index contributed by atoms with van der Waals surface area (Å²) >= 11 is 0. The third-order valence-electron chi connectivity index (χ3n) is 3.88. The molecule has 0 fully saturated rings. The summed E-state index contributed by atoms with van der Waals surface area (Å²) < 4.78 is 40.5. The summed E-state index contributed by atoms with van der Waals surface area (Å²) in [5.41, 5.74) is 2.58. The molecule has 0 aliphatic carbocycles. The molecule has 138 valence electrons. The largest absolute Gasteiger partial charge is 0.321 e. The highest BCUT2D eigenvalue weighted by molar-refractivity contribution is 7.89. The zero-order valence-corrected chi connectivity index (χ0v) is 15.5. The highest BCUT2D eigenvalue weighted by Gasteiger charge is 2.21. The Morgan fingerprint density at radius 1 is 1.27 bits per heavy atom. The summed E-state index contributed by atoms with van der Waals surface area (Å²) in [6.07, 6.45) is 2.07. The molecule has 7 heteroatoms. The molecule has 0 atom stereocenters. The van der Waals surface area contributed by atoms with Gasteiger partial charge in [0.25, 0.3) is 5.91 Å². The second-order valence-electron chi connectivity index (χ2n) is 5.70. The fraction of sp³-hybridized carbons (Fsp3) is 0.211. The molecule has 0 unspecified atom stereocenters. The van der Waals surface area contributed by atoms with Gasteiger partial charge in [0.1, 0.15) is 10.7 Å². The van der Waals surface area contributed by atoms with Gasteiger partial charge in [0.15, 0.2) is 0 Å². The number of sulfonamides is 1. The molecular weight excluding hydrogens is 355 g/mol. The smallest absolute Gasteiger partial charge is 0.255 e. The molecule has 0 saturated carbocycles. The van der Waals surface area contributed by atoms with Crippen molar-refractivity contribution in [2.75, 3.05) is 11.9 Å². The Kier molecular flexibility index (Phi) is 6.28. The van der Waals surface area contributed by atoms with Crippen molar-refractivity contribution < 1.29 is 17.6 Å². The second kappa shape index (κ2) is 8.25. The molecule has 2 rings (SSSR count). The Balaban J connectivity index is 2.37. The van der Waals surface area contributed by atoms with Gasteiger partial charge < -0.3 is 5.32 Å². The van der Waals surface area contributed by atoms with Crippen molar-refractivity contribution in [2.24, 2.45) is 0 Å². The van der Waals surface area contributed by atoms with Gasteiger partial charge in [0, 0.05) is 17.8 Å². The first-order valence-electron chi connectivity index (χ1n) is 8.10. The summed E-state index contributed by atoms with van der Waals surface area (Å²) in [4.78, 5) is 12.0. The van der Waals surface area contributed by atoms with Crippen molar-refractivity contribution in [3.8, 4) is 0 Å². The van der Waals surface area contributed by atoms with E-state index < -0.39 is 26.6 Å². The average Bonchev–Trinajstić information content (AvgIpc) is 2.61. The molecule has 5 nitrogen and oxygen atoms in total. The van der Waals surface area contributed by atoms with E-state index in [9.17, 15) is 17.6 Å². The van der Waals surface area contributed by atoms with E-state index in [2.05, 4.69) is 16.6 Å². The maximum atomic E-state index is 14.0. The molecule has 0 aliphatic rings. The SMILES string of the molecule is C=CCNS(=O)(=O)c1cc(C(=O)Nc2c(C)cccc2CC)ccc1F. The van der Waals surface area contributed by atoms with Crippen LogP contribution in [0.15, 0.2) is 53.9 Å². The molecule has 0 heterocycles. The van der Waals surface area contributed by atoms with Gasteiger partial charge >= 0.3 is 0 Å². The fourth-order valence-corrected chi connectivity index (χ4v) is 3.58. The summed E-state index contributed by atoms with van der Waals surface area (Å²) in [5, 5.41) is 2.79. The van der Waals surface area contributed by atoms with E-state index in [0.29, 0.717) is 5.69 Å². The minimum atomic E-state index is -4.08. The molecule has 2 N–H and O–H groups in total. The molecule has 0 aromatic heterocycles. The Labute approximate surface area is 153 Å². The third-order valence-corrected chi connectivity index (χ3v) is 5.32. The lowest BCUT2D eigenvalue weighted by molar-refractivity contribution is 0.102. The van der Waals surface area contributed by atoms with Crippen LogP contribution < -0.4 is 10.0 Å². The van der Waals surface area contributed by atoms with Crippen LogP contribution in [0.25, 0.3) is 0 Å². The predicted molar refractivity (Wildman–Crippen MR) is 100 cm³/mol. The number of amides is 1. The van der Waals surface area contributed by atoms with Crippen molar-refractivity contribution in [3.63, 3.8) is 0 Å².